The SMILES string of the molecule is COC(=O)[C@H](Cc1ccc(OCCCNC(C(=O)C2CCCC2)C2CC2)cc1)Nc1ccccc1C(=O)c1ccccc1. The third-order valence-corrected chi connectivity index (χ3v) is 8.50. The molecule has 1 unspecified atom stereocenters. The second-order valence-electron chi connectivity index (χ2n) is 11.7. The van der Waals surface area contributed by atoms with Gasteiger partial charge in [0.25, 0.3) is 0 Å². The molecule has 43 heavy (non-hydrogen) atoms. The molecule has 7 heteroatoms. The molecule has 0 saturated heterocycles. The minimum Gasteiger partial charge on any atom is -0.494 e. The molecule has 0 spiro atoms. The van der Waals surface area contributed by atoms with Crippen molar-refractivity contribution in [1.82, 2.24) is 5.32 Å². The molecule has 226 valence electrons. The smallest absolute Gasteiger partial charge is 0.328 e. The second kappa shape index (κ2) is 15.0. The molecule has 0 bridgehead atoms. The van der Waals surface area contributed by atoms with Gasteiger partial charge in [-0.25, -0.2) is 4.79 Å². The van der Waals surface area contributed by atoms with Gasteiger partial charge in [0.1, 0.15) is 11.8 Å². The fourth-order valence-corrected chi connectivity index (χ4v) is 5.95. The van der Waals surface area contributed by atoms with Gasteiger partial charge in [0.2, 0.25) is 0 Å². The predicted molar refractivity (Wildman–Crippen MR) is 167 cm³/mol. The van der Waals surface area contributed by atoms with E-state index in [0.29, 0.717) is 41.5 Å². The highest BCUT2D eigenvalue weighted by molar-refractivity contribution is 6.12. The number of benzene rings is 3. The van der Waals surface area contributed by atoms with Crippen molar-refractivity contribution < 1.29 is 23.9 Å². The summed E-state index contributed by atoms with van der Waals surface area (Å²) in [5.74, 6) is 1.43. The Hall–Kier alpha value is -3.97. The lowest BCUT2D eigenvalue weighted by Gasteiger charge is -2.21. The van der Waals surface area contributed by atoms with E-state index < -0.39 is 12.0 Å². The zero-order valence-corrected chi connectivity index (χ0v) is 24.9. The lowest BCUT2D eigenvalue weighted by molar-refractivity contribution is -0.141. The fraction of sp³-hybridized carbons (Fsp3) is 0.417. The second-order valence-corrected chi connectivity index (χ2v) is 11.7. The van der Waals surface area contributed by atoms with Gasteiger partial charge in [-0.1, -0.05) is 67.4 Å². The Morgan fingerprint density at radius 2 is 1.56 bits per heavy atom. The molecule has 0 radical (unpaired) electrons. The number of carbonyl (C=O) groups is 3. The first-order valence-electron chi connectivity index (χ1n) is 15.6. The van der Waals surface area contributed by atoms with Crippen LogP contribution in [-0.2, 0) is 20.7 Å². The molecule has 3 aromatic carbocycles. The summed E-state index contributed by atoms with van der Waals surface area (Å²) in [5.41, 5.74) is 2.58. The molecule has 2 atom stereocenters. The third-order valence-electron chi connectivity index (χ3n) is 8.50. The molecule has 2 aliphatic rings. The Morgan fingerprint density at radius 1 is 0.860 bits per heavy atom. The summed E-state index contributed by atoms with van der Waals surface area (Å²) >= 11 is 0. The monoisotopic (exact) mass is 582 g/mol. The molecule has 2 aliphatic carbocycles. The maximum absolute atomic E-state index is 13.2. The lowest BCUT2D eigenvalue weighted by atomic mass is 9.94. The number of Topliss-reactive ketones (excluding diaryl/α,β-unsaturated/α-hetero) is 1. The zero-order valence-electron chi connectivity index (χ0n) is 24.9. The molecule has 2 fully saturated rings. The van der Waals surface area contributed by atoms with Gasteiger partial charge >= 0.3 is 5.97 Å². The minimum atomic E-state index is -0.682. The minimum absolute atomic E-state index is 0.0159. The summed E-state index contributed by atoms with van der Waals surface area (Å²) in [7, 11) is 1.36. The van der Waals surface area contributed by atoms with Crippen LogP contribution in [0.25, 0.3) is 0 Å². The number of esters is 1. The zero-order chi connectivity index (χ0) is 30.0. The number of ether oxygens (including phenoxy) is 2. The molecule has 0 amide bonds. The van der Waals surface area contributed by atoms with Crippen LogP contribution in [0.2, 0.25) is 0 Å². The summed E-state index contributed by atoms with van der Waals surface area (Å²) in [4.78, 5) is 38.9. The van der Waals surface area contributed by atoms with Crippen molar-refractivity contribution in [3.05, 3.63) is 95.6 Å². The Kier molecular flexibility index (Phi) is 10.6. The van der Waals surface area contributed by atoms with Gasteiger partial charge in [-0.3, -0.25) is 9.59 Å². The van der Waals surface area contributed by atoms with Gasteiger partial charge in [0.15, 0.2) is 11.6 Å². The first-order chi connectivity index (χ1) is 21.0. The van der Waals surface area contributed by atoms with E-state index in [2.05, 4.69) is 10.6 Å². The number of para-hydroxylation sites is 1. The Bertz CT molecular complexity index is 1360. The Labute approximate surface area is 254 Å². The van der Waals surface area contributed by atoms with Crippen molar-refractivity contribution >= 4 is 23.2 Å². The van der Waals surface area contributed by atoms with Crippen molar-refractivity contribution in [2.45, 2.75) is 63.5 Å². The van der Waals surface area contributed by atoms with Crippen LogP contribution in [0.3, 0.4) is 0 Å². The first kappa shape index (κ1) is 30.5. The van der Waals surface area contributed by atoms with E-state index in [4.69, 9.17) is 9.47 Å². The first-order valence-corrected chi connectivity index (χ1v) is 15.6. The summed E-state index contributed by atoms with van der Waals surface area (Å²) in [6, 6.07) is 23.3. The number of methoxy groups -OCH3 is 1. The van der Waals surface area contributed by atoms with Gasteiger partial charge in [0.05, 0.1) is 19.8 Å². The number of ketones is 2. The lowest BCUT2D eigenvalue weighted by Crippen LogP contribution is -2.42. The highest BCUT2D eigenvalue weighted by atomic mass is 16.5. The van der Waals surface area contributed by atoms with Crippen LogP contribution in [0.4, 0.5) is 5.69 Å². The molecule has 7 nitrogen and oxygen atoms in total. The molecule has 3 aromatic rings. The van der Waals surface area contributed by atoms with E-state index in [1.807, 2.05) is 54.6 Å². The molecule has 5 rings (SSSR count). The van der Waals surface area contributed by atoms with E-state index in [9.17, 15) is 14.4 Å². The molecular formula is C36H42N2O5. The summed E-state index contributed by atoms with van der Waals surface area (Å²) in [5, 5.41) is 6.78. The molecule has 0 aromatic heterocycles. The van der Waals surface area contributed by atoms with Gasteiger partial charge in [0, 0.05) is 29.2 Å². The van der Waals surface area contributed by atoms with Crippen molar-refractivity contribution in [2.24, 2.45) is 11.8 Å². The maximum atomic E-state index is 13.2. The quantitative estimate of drug-likeness (QED) is 0.121. The van der Waals surface area contributed by atoms with Crippen LogP contribution in [0.15, 0.2) is 78.9 Å². The largest absolute Gasteiger partial charge is 0.494 e. The van der Waals surface area contributed by atoms with Gasteiger partial charge in [-0.05, 0) is 74.4 Å². The molecular weight excluding hydrogens is 540 g/mol. The molecule has 0 heterocycles. The van der Waals surface area contributed by atoms with Crippen LogP contribution >= 0.6 is 0 Å². The number of hydrogen-bond acceptors (Lipinski definition) is 7. The Balaban J connectivity index is 1.12. The predicted octanol–water partition coefficient (Wildman–Crippen LogP) is 6.01. The van der Waals surface area contributed by atoms with E-state index in [1.165, 1.54) is 20.0 Å². The summed E-state index contributed by atoms with van der Waals surface area (Å²) < 4.78 is 11.0. The van der Waals surface area contributed by atoms with Crippen molar-refractivity contribution in [1.29, 1.82) is 0 Å². The van der Waals surface area contributed by atoms with E-state index in [-0.39, 0.29) is 17.7 Å². The van der Waals surface area contributed by atoms with Crippen LogP contribution in [0, 0.1) is 11.8 Å². The summed E-state index contributed by atoms with van der Waals surface area (Å²) in [6.45, 7) is 1.32. The van der Waals surface area contributed by atoms with Gasteiger partial charge in [-0.2, -0.15) is 0 Å². The number of nitrogens with one attached hydrogen (secondary N) is 2. The molecule has 2 saturated carbocycles. The van der Waals surface area contributed by atoms with Gasteiger partial charge in [-0.15, -0.1) is 0 Å². The van der Waals surface area contributed by atoms with Crippen LogP contribution in [0.1, 0.15) is 66.4 Å². The third kappa shape index (κ3) is 8.32. The fourth-order valence-electron chi connectivity index (χ4n) is 5.95. The van der Waals surface area contributed by atoms with Crippen LogP contribution in [-0.4, -0.2) is 49.9 Å². The number of carbonyl (C=O) groups excluding carboxylic acids is 3. The highest BCUT2D eigenvalue weighted by Gasteiger charge is 2.39. The Morgan fingerprint density at radius 3 is 2.26 bits per heavy atom. The standard InChI is InChI=1S/C36H42N2O5/c1-42-36(41)32(38-31-15-8-7-14-30(31)34(39)27-10-3-2-4-11-27)24-25-16-20-29(21-17-25)43-23-9-22-37-33(26-18-19-26)35(40)28-12-5-6-13-28/h2-4,7-8,10-11,14-17,20-21,26,28,32-33,37-38H,5-6,9,12-13,18-19,22-24H2,1H3/t32-,33?/m0/s1. The number of rotatable bonds is 16. The van der Waals surface area contributed by atoms with E-state index in [1.54, 1.807) is 24.3 Å². The highest BCUT2D eigenvalue weighted by Crippen LogP contribution is 2.36. The van der Waals surface area contributed by atoms with Crippen LogP contribution in [0.5, 0.6) is 5.75 Å². The summed E-state index contributed by atoms with van der Waals surface area (Å²) in [6.07, 6.45) is 7.99. The normalized spacial score (nSPS) is 16.3. The van der Waals surface area contributed by atoms with E-state index >= 15 is 0 Å². The number of anilines is 1. The van der Waals surface area contributed by atoms with Crippen LogP contribution < -0.4 is 15.4 Å². The van der Waals surface area contributed by atoms with Crippen molar-refractivity contribution in [3.63, 3.8) is 0 Å². The number of hydrogen-bond donors (Lipinski definition) is 2. The van der Waals surface area contributed by atoms with Gasteiger partial charge < -0.3 is 20.1 Å². The molecule has 0 aliphatic heterocycles. The van der Waals surface area contributed by atoms with Crippen molar-refractivity contribution in [2.75, 3.05) is 25.6 Å². The molecule has 2 N–H and O–H groups in total. The average Bonchev–Trinajstić information content (AvgIpc) is 3.74. The van der Waals surface area contributed by atoms with Crippen molar-refractivity contribution in [3.8, 4) is 5.75 Å². The van der Waals surface area contributed by atoms with E-state index in [0.717, 1.165) is 50.0 Å². The average molecular weight is 583 g/mol. The topological polar surface area (TPSA) is 93.7 Å². The maximum Gasteiger partial charge on any atom is 0.328 e.